The van der Waals surface area contributed by atoms with Gasteiger partial charge in [0.05, 0.1) is 0 Å². The fourth-order valence-corrected chi connectivity index (χ4v) is 7.57. The van der Waals surface area contributed by atoms with Gasteiger partial charge in [-0.1, -0.05) is 146 Å². The third-order valence-electron chi connectivity index (χ3n) is 10.1. The molecule has 0 saturated carbocycles. The monoisotopic (exact) mass is 664 g/mol. The Labute approximate surface area is 301 Å². The zero-order valence-corrected chi connectivity index (χ0v) is 28.3. The number of nitrogens with zero attached hydrogens (tertiary/aromatic N) is 3. The first-order valence-electron chi connectivity index (χ1n) is 17.7. The summed E-state index contributed by atoms with van der Waals surface area (Å²) < 4.78 is 0. The van der Waals surface area contributed by atoms with Gasteiger partial charge in [-0.2, -0.15) is 0 Å². The molecule has 0 atom stereocenters. The molecule has 4 nitrogen and oxygen atoms in total. The van der Waals surface area contributed by atoms with E-state index in [1.807, 2.05) is 60.7 Å². The number of rotatable bonds is 5. The Morgan fingerprint density at radius 2 is 1.12 bits per heavy atom. The molecular formula is C48H32N4. The molecule has 1 aliphatic carbocycles. The summed E-state index contributed by atoms with van der Waals surface area (Å²) in [4.78, 5) is 18.8. The van der Waals surface area contributed by atoms with Crippen molar-refractivity contribution in [2.24, 2.45) is 0 Å². The fourth-order valence-electron chi connectivity index (χ4n) is 7.57. The SMILES string of the molecule is C1=CC(c2cc3ccccc3c3ccccc23)=CC(c2ccc3[nH]c4cccc(-c5nc(-c6ccccc6)nc(-c6ccccc6)n5)c4c3c2)=CC1. The minimum absolute atomic E-state index is 0.646. The van der Waals surface area contributed by atoms with Gasteiger partial charge in [-0.3, -0.25) is 0 Å². The molecule has 0 amide bonds. The molecule has 9 aromatic rings. The highest BCUT2D eigenvalue weighted by atomic mass is 15.0. The predicted molar refractivity (Wildman–Crippen MR) is 217 cm³/mol. The molecule has 10 rings (SSSR count). The largest absolute Gasteiger partial charge is 0.354 e. The number of H-pyrrole nitrogens is 1. The van der Waals surface area contributed by atoms with Gasteiger partial charge in [0.25, 0.3) is 0 Å². The van der Waals surface area contributed by atoms with Crippen molar-refractivity contribution in [2.45, 2.75) is 6.42 Å². The number of allylic oxidation sites excluding steroid dienone is 6. The quantitative estimate of drug-likeness (QED) is 0.186. The van der Waals surface area contributed by atoms with Gasteiger partial charge in [0.1, 0.15) is 0 Å². The smallest absolute Gasteiger partial charge is 0.164 e. The maximum Gasteiger partial charge on any atom is 0.164 e. The number of hydrogen-bond acceptors (Lipinski definition) is 3. The number of fused-ring (bicyclic) bond motifs is 6. The summed E-state index contributed by atoms with van der Waals surface area (Å²) in [6, 6.07) is 53.1. The number of aromatic nitrogens is 4. The molecule has 2 heterocycles. The third kappa shape index (κ3) is 5.21. The van der Waals surface area contributed by atoms with Crippen LogP contribution in [0.2, 0.25) is 0 Å². The third-order valence-corrected chi connectivity index (χ3v) is 10.1. The molecule has 0 fully saturated rings. The normalized spacial score (nSPS) is 13.1. The second kappa shape index (κ2) is 12.4. The van der Waals surface area contributed by atoms with E-state index < -0.39 is 0 Å². The van der Waals surface area contributed by atoms with E-state index in [0.717, 1.165) is 44.9 Å². The lowest BCUT2D eigenvalue weighted by Crippen LogP contribution is -2.00. The lowest BCUT2D eigenvalue weighted by atomic mass is 9.91. The van der Waals surface area contributed by atoms with Crippen LogP contribution in [-0.4, -0.2) is 19.9 Å². The molecule has 52 heavy (non-hydrogen) atoms. The Kier molecular flexibility index (Phi) is 7.17. The van der Waals surface area contributed by atoms with Crippen molar-refractivity contribution in [2.75, 3.05) is 0 Å². The minimum atomic E-state index is 0.646. The van der Waals surface area contributed by atoms with Gasteiger partial charge in [0, 0.05) is 38.5 Å². The standard InChI is InChI=1S/C48H32N4/c1-3-14-31(15-4-1)46-50-47(32-16-5-2-6-17-32)52-48(51-46)40-24-13-25-44-45(40)42-29-34(26-27-43(42)49-44)33-18-7-8-19-35(28-33)41-30-36-20-9-10-21-37(36)38-22-11-12-23-39(38)41/h1-6,8-30,49H,7H2. The van der Waals surface area contributed by atoms with Crippen LogP contribution in [0.1, 0.15) is 17.5 Å². The van der Waals surface area contributed by atoms with Crippen LogP contribution in [0.4, 0.5) is 0 Å². The van der Waals surface area contributed by atoms with E-state index >= 15 is 0 Å². The van der Waals surface area contributed by atoms with E-state index in [1.165, 1.54) is 43.8 Å². The number of hydrogen-bond donors (Lipinski definition) is 1. The Hall–Kier alpha value is -6.91. The van der Waals surface area contributed by atoms with E-state index in [0.29, 0.717) is 17.5 Å². The summed E-state index contributed by atoms with van der Waals surface area (Å²) in [5.74, 6) is 1.95. The van der Waals surface area contributed by atoms with Gasteiger partial charge in [0.15, 0.2) is 17.5 Å². The van der Waals surface area contributed by atoms with E-state index in [-0.39, 0.29) is 0 Å². The first-order valence-corrected chi connectivity index (χ1v) is 17.7. The molecule has 0 unspecified atom stereocenters. The van der Waals surface area contributed by atoms with Crippen LogP contribution < -0.4 is 0 Å². The Morgan fingerprint density at radius 3 is 1.88 bits per heavy atom. The van der Waals surface area contributed by atoms with Crippen LogP contribution >= 0.6 is 0 Å². The van der Waals surface area contributed by atoms with Crippen molar-refractivity contribution in [1.29, 1.82) is 0 Å². The molecule has 1 aliphatic rings. The highest BCUT2D eigenvalue weighted by Crippen LogP contribution is 2.39. The van der Waals surface area contributed by atoms with Crippen molar-refractivity contribution in [1.82, 2.24) is 19.9 Å². The van der Waals surface area contributed by atoms with Crippen LogP contribution in [0.15, 0.2) is 176 Å². The topological polar surface area (TPSA) is 54.5 Å². The van der Waals surface area contributed by atoms with Crippen LogP contribution in [-0.2, 0) is 0 Å². The molecular weight excluding hydrogens is 633 g/mol. The molecule has 0 bridgehead atoms. The molecule has 244 valence electrons. The molecule has 0 aliphatic heterocycles. The van der Waals surface area contributed by atoms with Gasteiger partial charge >= 0.3 is 0 Å². The van der Waals surface area contributed by atoms with E-state index in [2.05, 4.69) is 120 Å². The Morgan fingerprint density at radius 1 is 0.442 bits per heavy atom. The average molecular weight is 665 g/mol. The minimum Gasteiger partial charge on any atom is -0.354 e. The second-order valence-electron chi connectivity index (χ2n) is 13.2. The molecule has 0 saturated heterocycles. The van der Waals surface area contributed by atoms with Crippen molar-refractivity contribution in [3.63, 3.8) is 0 Å². The molecule has 0 radical (unpaired) electrons. The first-order chi connectivity index (χ1) is 25.8. The first kappa shape index (κ1) is 30.0. The fraction of sp³-hybridized carbons (Fsp3) is 0.0208. The summed E-state index contributed by atoms with van der Waals surface area (Å²) in [5, 5.41) is 7.29. The summed E-state index contributed by atoms with van der Waals surface area (Å²) in [6.45, 7) is 0. The summed E-state index contributed by atoms with van der Waals surface area (Å²) in [6.07, 6.45) is 10.1. The van der Waals surface area contributed by atoms with Crippen LogP contribution in [0.3, 0.4) is 0 Å². The predicted octanol–water partition coefficient (Wildman–Crippen LogP) is 12.2. The van der Waals surface area contributed by atoms with Gasteiger partial charge in [-0.05, 0) is 80.6 Å². The lowest BCUT2D eigenvalue weighted by molar-refractivity contribution is 1.08. The highest BCUT2D eigenvalue weighted by molar-refractivity contribution is 6.15. The maximum atomic E-state index is 5.09. The van der Waals surface area contributed by atoms with Gasteiger partial charge in [-0.15, -0.1) is 0 Å². The van der Waals surface area contributed by atoms with Gasteiger partial charge in [-0.25, -0.2) is 15.0 Å². The molecule has 4 heteroatoms. The molecule has 7 aromatic carbocycles. The van der Waals surface area contributed by atoms with Crippen molar-refractivity contribution < 1.29 is 0 Å². The van der Waals surface area contributed by atoms with Gasteiger partial charge in [0.2, 0.25) is 0 Å². The van der Waals surface area contributed by atoms with E-state index in [4.69, 9.17) is 15.0 Å². The zero-order chi connectivity index (χ0) is 34.4. The molecule has 2 aromatic heterocycles. The lowest BCUT2D eigenvalue weighted by Gasteiger charge is -2.12. The van der Waals surface area contributed by atoms with E-state index in [9.17, 15) is 0 Å². The Balaban J connectivity index is 1.13. The van der Waals surface area contributed by atoms with Crippen LogP contribution in [0.5, 0.6) is 0 Å². The second-order valence-corrected chi connectivity index (χ2v) is 13.2. The maximum absolute atomic E-state index is 5.09. The highest BCUT2D eigenvalue weighted by Gasteiger charge is 2.18. The molecule has 0 spiro atoms. The Bertz CT molecular complexity index is 2860. The number of nitrogens with one attached hydrogen (secondary N) is 1. The van der Waals surface area contributed by atoms with Gasteiger partial charge < -0.3 is 4.98 Å². The molecule has 1 N–H and O–H groups in total. The summed E-state index contributed by atoms with van der Waals surface area (Å²) in [7, 11) is 0. The van der Waals surface area contributed by atoms with Crippen molar-refractivity contribution in [3.8, 4) is 34.2 Å². The summed E-state index contributed by atoms with van der Waals surface area (Å²) >= 11 is 0. The number of benzene rings is 7. The van der Waals surface area contributed by atoms with Crippen LogP contribution in [0, 0.1) is 0 Å². The van der Waals surface area contributed by atoms with Crippen molar-refractivity contribution in [3.05, 3.63) is 187 Å². The average Bonchev–Trinajstić information content (AvgIpc) is 3.41. The zero-order valence-electron chi connectivity index (χ0n) is 28.3. The van der Waals surface area contributed by atoms with Crippen LogP contribution in [0.25, 0.3) is 88.7 Å². The van der Waals surface area contributed by atoms with E-state index in [1.54, 1.807) is 0 Å². The van der Waals surface area contributed by atoms with Crippen molar-refractivity contribution >= 4 is 54.5 Å². The number of aromatic amines is 1. The summed E-state index contributed by atoms with van der Waals surface area (Å²) in [5.41, 5.74) is 9.80.